The van der Waals surface area contributed by atoms with Gasteiger partial charge in [0.15, 0.2) is 0 Å². The van der Waals surface area contributed by atoms with Gasteiger partial charge in [-0.05, 0) is 37.8 Å². The summed E-state index contributed by atoms with van der Waals surface area (Å²) < 4.78 is 13.5. The number of pyridine rings is 1. The van der Waals surface area contributed by atoms with Crippen LogP contribution in [0.15, 0.2) is 12.3 Å². The molecule has 3 nitrogen and oxygen atoms in total. The van der Waals surface area contributed by atoms with E-state index in [1.54, 1.807) is 6.07 Å². The van der Waals surface area contributed by atoms with Gasteiger partial charge in [0.05, 0.1) is 6.20 Å². The van der Waals surface area contributed by atoms with Crippen molar-refractivity contribution in [3.63, 3.8) is 0 Å². The van der Waals surface area contributed by atoms with Crippen LogP contribution in [0.25, 0.3) is 0 Å². The fourth-order valence-electron chi connectivity index (χ4n) is 3.19. The maximum Gasteiger partial charge on any atom is 0.141 e. The van der Waals surface area contributed by atoms with E-state index in [4.69, 9.17) is 0 Å². The zero-order valence-corrected chi connectivity index (χ0v) is 13.4. The lowest BCUT2D eigenvalue weighted by molar-refractivity contribution is 0.361. The Kier molecular flexibility index (Phi) is 6.43. The van der Waals surface area contributed by atoms with Crippen LogP contribution in [0.2, 0.25) is 0 Å². The van der Waals surface area contributed by atoms with Gasteiger partial charge >= 0.3 is 0 Å². The molecular formula is C17H28FN3. The van der Waals surface area contributed by atoms with Crippen molar-refractivity contribution in [1.82, 2.24) is 10.3 Å². The molecule has 1 N–H and O–H groups in total. The molecule has 0 bridgehead atoms. The second-order valence-corrected chi connectivity index (χ2v) is 6.20. The van der Waals surface area contributed by atoms with Crippen LogP contribution < -0.4 is 10.2 Å². The van der Waals surface area contributed by atoms with Gasteiger partial charge in [-0.15, -0.1) is 0 Å². The number of anilines is 1. The van der Waals surface area contributed by atoms with Crippen LogP contribution in [0.4, 0.5) is 10.2 Å². The molecule has 0 atom stereocenters. The summed E-state index contributed by atoms with van der Waals surface area (Å²) in [5.41, 5.74) is 0.960. The van der Waals surface area contributed by atoms with Gasteiger partial charge in [0, 0.05) is 25.7 Å². The van der Waals surface area contributed by atoms with Crippen molar-refractivity contribution in [2.75, 3.05) is 25.0 Å². The number of nitrogens with zero attached hydrogens (tertiary/aromatic N) is 2. The van der Waals surface area contributed by atoms with Crippen molar-refractivity contribution >= 4 is 5.82 Å². The summed E-state index contributed by atoms with van der Waals surface area (Å²) in [4.78, 5) is 6.54. The van der Waals surface area contributed by atoms with E-state index in [2.05, 4.69) is 29.2 Å². The molecule has 0 spiro atoms. The number of nitrogens with one attached hydrogen (secondary N) is 1. The van der Waals surface area contributed by atoms with E-state index in [-0.39, 0.29) is 5.82 Å². The molecule has 118 valence electrons. The minimum atomic E-state index is -0.252. The Morgan fingerprint density at radius 1 is 1.33 bits per heavy atom. The van der Waals surface area contributed by atoms with Crippen molar-refractivity contribution in [3.8, 4) is 0 Å². The summed E-state index contributed by atoms with van der Waals surface area (Å²) >= 11 is 0. The Bertz CT molecular complexity index is 430. The van der Waals surface area contributed by atoms with Crippen LogP contribution in [0.1, 0.15) is 51.0 Å². The molecule has 1 heterocycles. The highest BCUT2D eigenvalue weighted by Crippen LogP contribution is 2.26. The van der Waals surface area contributed by atoms with Crippen LogP contribution in [-0.4, -0.2) is 25.1 Å². The average molecular weight is 293 g/mol. The van der Waals surface area contributed by atoms with Crippen LogP contribution in [0.5, 0.6) is 0 Å². The van der Waals surface area contributed by atoms with Crippen molar-refractivity contribution in [1.29, 1.82) is 0 Å². The average Bonchev–Trinajstić information content (AvgIpc) is 2.48. The highest BCUT2D eigenvalue weighted by Gasteiger charge is 2.18. The van der Waals surface area contributed by atoms with Gasteiger partial charge in [0.25, 0.3) is 0 Å². The molecule has 0 aliphatic heterocycles. The van der Waals surface area contributed by atoms with Gasteiger partial charge in [0.2, 0.25) is 0 Å². The van der Waals surface area contributed by atoms with Crippen molar-refractivity contribution in [3.05, 3.63) is 23.6 Å². The Morgan fingerprint density at radius 3 is 2.81 bits per heavy atom. The van der Waals surface area contributed by atoms with Gasteiger partial charge in [-0.2, -0.15) is 0 Å². The predicted molar refractivity (Wildman–Crippen MR) is 86.0 cm³/mol. The first-order valence-corrected chi connectivity index (χ1v) is 8.27. The van der Waals surface area contributed by atoms with Crippen LogP contribution in [0, 0.1) is 11.7 Å². The summed E-state index contributed by atoms with van der Waals surface area (Å²) in [6.07, 6.45) is 9.11. The highest BCUT2D eigenvalue weighted by atomic mass is 19.1. The molecule has 1 aliphatic carbocycles. The quantitative estimate of drug-likeness (QED) is 0.776. The fourth-order valence-corrected chi connectivity index (χ4v) is 3.19. The number of aromatic nitrogens is 1. The first kappa shape index (κ1) is 16.2. The molecule has 1 fully saturated rings. The summed E-state index contributed by atoms with van der Waals surface area (Å²) in [6, 6.07) is 1.61. The molecule has 1 aromatic heterocycles. The number of rotatable bonds is 7. The largest absolute Gasteiger partial charge is 0.359 e. The summed E-state index contributed by atoms with van der Waals surface area (Å²) in [6.45, 7) is 4.79. The minimum absolute atomic E-state index is 0.252. The van der Waals surface area contributed by atoms with Crippen molar-refractivity contribution < 1.29 is 4.39 Å². The van der Waals surface area contributed by atoms with E-state index in [9.17, 15) is 4.39 Å². The molecule has 0 unspecified atom stereocenters. The predicted octanol–water partition coefficient (Wildman–Crippen LogP) is 3.74. The third-order valence-corrected chi connectivity index (χ3v) is 4.27. The van der Waals surface area contributed by atoms with Crippen molar-refractivity contribution in [2.45, 2.75) is 52.0 Å². The molecule has 0 radical (unpaired) electrons. The summed E-state index contributed by atoms with van der Waals surface area (Å²) in [5, 5.41) is 3.34. The number of hydrogen-bond donors (Lipinski definition) is 1. The molecule has 1 aromatic rings. The Morgan fingerprint density at radius 2 is 2.10 bits per heavy atom. The van der Waals surface area contributed by atoms with Gasteiger partial charge in [-0.3, -0.25) is 0 Å². The molecule has 1 saturated carbocycles. The van der Waals surface area contributed by atoms with E-state index in [1.807, 2.05) is 0 Å². The van der Waals surface area contributed by atoms with E-state index < -0.39 is 0 Å². The second kappa shape index (κ2) is 8.32. The molecule has 2 rings (SSSR count). The highest BCUT2D eigenvalue weighted by molar-refractivity contribution is 5.46. The maximum absolute atomic E-state index is 13.5. The Labute approximate surface area is 127 Å². The third kappa shape index (κ3) is 4.95. The second-order valence-electron chi connectivity index (χ2n) is 6.20. The Balaban J connectivity index is 2.01. The fraction of sp³-hybridized carbons (Fsp3) is 0.706. The van der Waals surface area contributed by atoms with Gasteiger partial charge < -0.3 is 10.2 Å². The topological polar surface area (TPSA) is 28.2 Å². The summed E-state index contributed by atoms with van der Waals surface area (Å²) in [5.74, 6) is 1.43. The lowest BCUT2D eigenvalue weighted by Crippen LogP contribution is -2.29. The Hall–Kier alpha value is -1.16. The van der Waals surface area contributed by atoms with Gasteiger partial charge in [-0.25, -0.2) is 9.37 Å². The lowest BCUT2D eigenvalue weighted by Gasteiger charge is -2.29. The third-order valence-electron chi connectivity index (χ3n) is 4.27. The normalized spacial score (nSPS) is 16.1. The van der Waals surface area contributed by atoms with Gasteiger partial charge in [-0.1, -0.05) is 26.2 Å². The van der Waals surface area contributed by atoms with E-state index >= 15 is 0 Å². The standard InChI is InChI=1S/C17H28FN3/c1-3-9-19-11-15-10-16(18)12-20-17(15)21(2)13-14-7-5-4-6-8-14/h10,12,14,19H,3-9,11,13H2,1-2H3. The zero-order chi connectivity index (χ0) is 15.1. The molecule has 1 aliphatic rings. The monoisotopic (exact) mass is 293 g/mol. The minimum Gasteiger partial charge on any atom is -0.359 e. The van der Waals surface area contributed by atoms with Crippen LogP contribution in [-0.2, 0) is 6.54 Å². The lowest BCUT2D eigenvalue weighted by atomic mass is 9.89. The number of halogens is 1. The van der Waals surface area contributed by atoms with E-state index in [0.717, 1.165) is 36.8 Å². The maximum atomic E-state index is 13.5. The first-order chi connectivity index (χ1) is 10.2. The van der Waals surface area contributed by atoms with Crippen LogP contribution in [0.3, 0.4) is 0 Å². The number of hydrogen-bond acceptors (Lipinski definition) is 3. The SMILES string of the molecule is CCCNCc1cc(F)cnc1N(C)CC1CCCCC1. The first-order valence-electron chi connectivity index (χ1n) is 8.27. The molecule has 0 saturated heterocycles. The van der Waals surface area contributed by atoms with Crippen LogP contribution >= 0.6 is 0 Å². The van der Waals surface area contributed by atoms with Crippen molar-refractivity contribution in [2.24, 2.45) is 5.92 Å². The zero-order valence-electron chi connectivity index (χ0n) is 13.4. The van der Waals surface area contributed by atoms with Gasteiger partial charge in [0.1, 0.15) is 11.6 Å². The molecule has 0 amide bonds. The molecule has 4 heteroatoms. The molecule has 0 aromatic carbocycles. The molecular weight excluding hydrogens is 265 g/mol. The smallest absolute Gasteiger partial charge is 0.141 e. The molecule has 21 heavy (non-hydrogen) atoms. The summed E-state index contributed by atoms with van der Waals surface area (Å²) in [7, 11) is 2.08. The van der Waals surface area contributed by atoms with E-state index in [1.165, 1.54) is 38.3 Å². The van der Waals surface area contributed by atoms with E-state index in [0.29, 0.717) is 6.54 Å².